The lowest BCUT2D eigenvalue weighted by Crippen LogP contribution is -2.44. The maximum atomic E-state index is 12.2. The molecule has 0 aliphatic carbocycles. The molecular weight excluding hydrogens is 382 g/mol. The molecule has 0 radical (unpaired) electrons. The van der Waals surface area contributed by atoms with Gasteiger partial charge < -0.3 is 5.32 Å². The first-order valence-electron chi connectivity index (χ1n) is 8.86. The van der Waals surface area contributed by atoms with Crippen molar-refractivity contribution in [2.45, 2.75) is 20.4 Å². The van der Waals surface area contributed by atoms with Crippen molar-refractivity contribution >= 4 is 22.1 Å². The smallest absolute Gasteiger partial charge is 0.336 e. The van der Waals surface area contributed by atoms with Gasteiger partial charge in [0.05, 0.1) is 31.6 Å². The summed E-state index contributed by atoms with van der Waals surface area (Å²) in [4.78, 5) is 25.2. The lowest BCUT2D eigenvalue weighted by molar-refractivity contribution is 0.193. The molecular formula is C18H23N5O4S. The molecule has 1 fully saturated rings. The van der Waals surface area contributed by atoms with Gasteiger partial charge in [0.25, 0.3) is 0 Å². The van der Waals surface area contributed by atoms with E-state index in [1.165, 1.54) is 0 Å². The minimum atomic E-state index is -3.67. The van der Waals surface area contributed by atoms with E-state index < -0.39 is 22.1 Å². The van der Waals surface area contributed by atoms with Crippen LogP contribution in [0.2, 0.25) is 0 Å². The van der Waals surface area contributed by atoms with Gasteiger partial charge in [-0.05, 0) is 19.4 Å². The molecule has 9 nitrogen and oxygen atoms in total. The van der Waals surface area contributed by atoms with E-state index in [4.69, 9.17) is 0 Å². The quantitative estimate of drug-likeness (QED) is 0.813. The van der Waals surface area contributed by atoms with Crippen LogP contribution in [0, 0.1) is 13.8 Å². The second-order valence-electron chi connectivity index (χ2n) is 6.64. The van der Waals surface area contributed by atoms with Crippen LogP contribution in [-0.2, 0) is 16.6 Å². The molecule has 0 bridgehead atoms. The molecule has 28 heavy (non-hydrogen) atoms. The Balaban J connectivity index is 1.62. The highest BCUT2D eigenvalue weighted by atomic mass is 32.2. The highest BCUT2D eigenvalue weighted by molar-refractivity contribution is 7.88. The molecule has 150 valence electrons. The summed E-state index contributed by atoms with van der Waals surface area (Å²) < 4.78 is 25.6. The third kappa shape index (κ3) is 3.86. The molecule has 0 unspecified atom stereocenters. The van der Waals surface area contributed by atoms with Gasteiger partial charge in [0, 0.05) is 17.8 Å². The maximum absolute atomic E-state index is 12.2. The number of imide groups is 1. The Morgan fingerprint density at radius 3 is 2.46 bits per heavy atom. The number of carbonyl (C=O) groups is 2. The van der Waals surface area contributed by atoms with E-state index in [1.807, 2.05) is 48.9 Å². The van der Waals surface area contributed by atoms with E-state index in [9.17, 15) is 18.0 Å². The number of carbonyl (C=O) groups excluding carboxylic acids is 2. The average Bonchev–Trinajstić information content (AvgIpc) is 3.15. The SMILES string of the molecule is Cc1nn(CCNC(=O)N2CCN(S(C)(=O)=O)C2=O)c(C)c1-c1ccccc1. The topological polar surface area (TPSA) is 105 Å². The summed E-state index contributed by atoms with van der Waals surface area (Å²) >= 11 is 0. The average molecular weight is 405 g/mol. The summed E-state index contributed by atoms with van der Waals surface area (Å²) in [5, 5.41) is 7.19. The number of urea groups is 2. The number of nitrogens with zero attached hydrogens (tertiary/aromatic N) is 4. The molecule has 2 aromatic rings. The molecule has 10 heteroatoms. The molecule has 2 heterocycles. The molecule has 0 spiro atoms. The van der Waals surface area contributed by atoms with Crippen molar-refractivity contribution in [1.29, 1.82) is 0 Å². The summed E-state index contributed by atoms with van der Waals surface area (Å²) in [6.07, 6.45) is 0.944. The number of rotatable bonds is 5. The molecule has 3 rings (SSSR count). The molecule has 1 aromatic heterocycles. The van der Waals surface area contributed by atoms with Gasteiger partial charge in [0.1, 0.15) is 0 Å². The Kier molecular flexibility index (Phi) is 5.41. The van der Waals surface area contributed by atoms with Crippen molar-refractivity contribution in [3.05, 3.63) is 41.7 Å². The number of benzene rings is 1. The van der Waals surface area contributed by atoms with Crippen molar-refractivity contribution in [3.63, 3.8) is 0 Å². The molecule has 1 aliphatic heterocycles. The van der Waals surface area contributed by atoms with E-state index in [1.54, 1.807) is 0 Å². The molecule has 4 amide bonds. The summed E-state index contributed by atoms with van der Waals surface area (Å²) in [6.45, 7) is 4.62. The minimum absolute atomic E-state index is 0.0248. The van der Waals surface area contributed by atoms with Gasteiger partial charge in [-0.2, -0.15) is 5.10 Å². The van der Waals surface area contributed by atoms with Gasteiger partial charge in [-0.25, -0.2) is 27.2 Å². The Hall–Kier alpha value is -2.88. The molecule has 1 N–H and O–H groups in total. The highest BCUT2D eigenvalue weighted by Crippen LogP contribution is 2.26. The van der Waals surface area contributed by atoms with Gasteiger partial charge in [0.2, 0.25) is 10.0 Å². The second kappa shape index (κ2) is 7.63. The molecule has 1 aromatic carbocycles. The third-order valence-corrected chi connectivity index (χ3v) is 5.80. The minimum Gasteiger partial charge on any atom is -0.336 e. The molecule has 0 atom stereocenters. The van der Waals surface area contributed by atoms with E-state index in [0.29, 0.717) is 10.8 Å². The maximum Gasteiger partial charge on any atom is 0.341 e. The summed E-state index contributed by atoms with van der Waals surface area (Å²) in [5.41, 5.74) is 4.02. The van der Waals surface area contributed by atoms with E-state index >= 15 is 0 Å². The van der Waals surface area contributed by atoms with Gasteiger partial charge >= 0.3 is 12.1 Å². The Morgan fingerprint density at radius 2 is 1.86 bits per heavy atom. The van der Waals surface area contributed by atoms with Crippen molar-refractivity contribution in [3.8, 4) is 11.1 Å². The zero-order valence-corrected chi connectivity index (χ0v) is 16.9. The lowest BCUT2D eigenvalue weighted by atomic mass is 10.0. The number of amides is 4. The number of aromatic nitrogens is 2. The van der Waals surface area contributed by atoms with Gasteiger partial charge in [-0.15, -0.1) is 0 Å². The molecule has 1 aliphatic rings. The van der Waals surface area contributed by atoms with Crippen LogP contribution in [0.25, 0.3) is 11.1 Å². The lowest BCUT2D eigenvalue weighted by Gasteiger charge is -2.16. The van der Waals surface area contributed by atoms with Crippen molar-refractivity contribution in [2.75, 3.05) is 25.9 Å². The number of nitrogens with one attached hydrogen (secondary N) is 1. The summed E-state index contributed by atoms with van der Waals surface area (Å²) in [6, 6.07) is 8.51. The standard InChI is InChI=1S/C18H23N5O4S/c1-13-16(15-7-5-4-6-8-15)14(2)22(20-13)10-9-19-17(24)21-11-12-23(18(21)25)28(3,26)27/h4-8H,9-12H2,1-3H3,(H,19,24). The highest BCUT2D eigenvalue weighted by Gasteiger charge is 2.37. The van der Waals surface area contributed by atoms with Crippen LogP contribution >= 0.6 is 0 Å². The van der Waals surface area contributed by atoms with Crippen LogP contribution in [0.3, 0.4) is 0 Å². The second-order valence-corrected chi connectivity index (χ2v) is 8.54. The Bertz CT molecular complexity index is 1000. The predicted octanol–water partition coefficient (Wildman–Crippen LogP) is 1.57. The Morgan fingerprint density at radius 1 is 1.18 bits per heavy atom. The number of sulfonamides is 1. The molecule has 0 saturated carbocycles. The first kappa shape index (κ1) is 19.9. The number of hydrogen-bond donors (Lipinski definition) is 1. The zero-order valence-electron chi connectivity index (χ0n) is 16.0. The first-order valence-corrected chi connectivity index (χ1v) is 10.7. The van der Waals surface area contributed by atoms with Crippen molar-refractivity contribution in [1.82, 2.24) is 24.3 Å². The number of hydrogen-bond acceptors (Lipinski definition) is 5. The first-order chi connectivity index (χ1) is 13.2. The summed E-state index contributed by atoms with van der Waals surface area (Å²) in [7, 11) is -3.67. The Labute approximate surface area is 164 Å². The monoisotopic (exact) mass is 405 g/mol. The number of aryl methyl sites for hydroxylation is 1. The molecule has 1 saturated heterocycles. The van der Waals surface area contributed by atoms with Crippen molar-refractivity contribution < 1.29 is 18.0 Å². The van der Waals surface area contributed by atoms with Gasteiger partial charge in [0.15, 0.2) is 0 Å². The van der Waals surface area contributed by atoms with E-state index in [-0.39, 0.29) is 19.6 Å². The van der Waals surface area contributed by atoms with Gasteiger partial charge in [-0.1, -0.05) is 30.3 Å². The fraction of sp³-hybridized carbons (Fsp3) is 0.389. The van der Waals surface area contributed by atoms with Crippen molar-refractivity contribution in [2.24, 2.45) is 0 Å². The third-order valence-electron chi connectivity index (χ3n) is 4.66. The largest absolute Gasteiger partial charge is 0.341 e. The van der Waals surface area contributed by atoms with Gasteiger partial charge in [-0.3, -0.25) is 4.68 Å². The summed E-state index contributed by atoms with van der Waals surface area (Å²) in [5.74, 6) is 0. The van der Waals surface area contributed by atoms with Crippen LogP contribution in [0.4, 0.5) is 9.59 Å². The van der Waals surface area contributed by atoms with Crippen LogP contribution in [0.5, 0.6) is 0 Å². The van der Waals surface area contributed by atoms with Crippen LogP contribution in [0.15, 0.2) is 30.3 Å². The van der Waals surface area contributed by atoms with Crippen LogP contribution in [0.1, 0.15) is 11.4 Å². The van der Waals surface area contributed by atoms with Crippen LogP contribution < -0.4 is 5.32 Å². The van der Waals surface area contributed by atoms with E-state index in [0.717, 1.165) is 33.7 Å². The fourth-order valence-corrected chi connectivity index (χ4v) is 4.11. The van der Waals surface area contributed by atoms with Crippen LogP contribution in [-0.4, -0.2) is 65.4 Å². The fourth-order valence-electron chi connectivity index (χ4n) is 3.31. The van der Waals surface area contributed by atoms with E-state index in [2.05, 4.69) is 10.4 Å². The normalized spacial score (nSPS) is 14.6. The zero-order chi connectivity index (χ0) is 20.5. The predicted molar refractivity (Wildman–Crippen MR) is 104 cm³/mol.